The summed E-state index contributed by atoms with van der Waals surface area (Å²) in [4.78, 5) is 0. The maximum atomic E-state index is 3.39. The molecule has 0 amide bonds. The van der Waals surface area contributed by atoms with Crippen molar-refractivity contribution >= 4 is 4.26 Å². The van der Waals surface area contributed by atoms with Crippen LogP contribution in [0.2, 0.25) is 0 Å². The summed E-state index contributed by atoms with van der Waals surface area (Å²) in [6, 6.07) is 0. The molecule has 0 bridgehead atoms. The average Bonchev–Trinajstić information content (AvgIpc) is 3.19. The topological polar surface area (TPSA) is 0 Å². The molecule has 0 atom stereocenters. The predicted molar refractivity (Wildman–Crippen MR) is 87.2 cm³/mol. The third kappa shape index (κ3) is 15.2. The van der Waals surface area contributed by atoms with Crippen molar-refractivity contribution in [2.75, 3.05) is 0 Å². The molecule has 0 aliphatic heterocycles. The van der Waals surface area contributed by atoms with Crippen LogP contribution in [0.25, 0.3) is 0 Å². The van der Waals surface area contributed by atoms with Gasteiger partial charge in [-0.2, -0.15) is 12.2 Å². The first-order chi connectivity index (χ1) is 9.86. The molecule has 0 fully saturated rings. The van der Waals surface area contributed by atoms with Gasteiger partial charge in [0.2, 0.25) is 0 Å². The Kier molecular flexibility index (Phi) is 26.3. The summed E-state index contributed by atoms with van der Waals surface area (Å²) < 4.78 is 3.39. The van der Waals surface area contributed by atoms with E-state index in [4.69, 9.17) is 0 Å². The first-order valence-corrected chi connectivity index (χ1v) is 10.3. The molecule has 2 aliphatic rings. The second-order valence-corrected chi connectivity index (χ2v) is 4.87. The molecule has 0 spiro atoms. The van der Waals surface area contributed by atoms with Crippen molar-refractivity contribution in [3.63, 3.8) is 0 Å². The van der Waals surface area contributed by atoms with E-state index in [1.807, 2.05) is 0 Å². The molecule has 0 radical (unpaired) electrons. The van der Waals surface area contributed by atoms with Gasteiger partial charge in [0.25, 0.3) is 0 Å². The normalized spacial score (nSPS) is 13.6. The number of hydrogen-bond acceptors (Lipinski definition) is 0. The maximum Gasteiger partial charge on any atom is -1.00 e. The predicted octanol–water partition coefficient (Wildman–Crippen LogP) is -0.295. The Bertz CT molecular complexity index is 320. The van der Waals surface area contributed by atoms with Gasteiger partial charge >= 0.3 is 28.2 Å². The smallest absolute Gasteiger partial charge is 1.00 e. The van der Waals surface area contributed by atoms with E-state index in [0.29, 0.717) is 0 Å². The molecular weight excluding hydrogens is 478 g/mol. The molecule has 0 saturated carbocycles. The Balaban J connectivity index is -0.000000273. The molecule has 2 rings (SSSR count). The van der Waals surface area contributed by atoms with Crippen LogP contribution in [0.15, 0.2) is 35.5 Å². The Morgan fingerprint density at radius 2 is 1.23 bits per heavy atom. The van der Waals surface area contributed by atoms with Gasteiger partial charge in [-0.1, -0.05) is 52.4 Å². The summed E-state index contributed by atoms with van der Waals surface area (Å²) in [6.07, 6.45) is 24.9. The second-order valence-electron chi connectivity index (χ2n) is 4.87. The van der Waals surface area contributed by atoms with E-state index in [1.54, 1.807) is 0 Å². The van der Waals surface area contributed by atoms with Gasteiger partial charge in [0.15, 0.2) is 0 Å². The molecule has 0 heterocycles. The van der Waals surface area contributed by atoms with Crippen LogP contribution in [0.4, 0.5) is 0 Å². The molecular formula is C19H28Cl2Hf-2. The van der Waals surface area contributed by atoms with Crippen LogP contribution in [-0.2, 0) is 23.9 Å². The third-order valence-corrected chi connectivity index (χ3v) is 3.18. The molecule has 0 saturated heterocycles. The summed E-state index contributed by atoms with van der Waals surface area (Å²) in [5, 5.41) is 0. The van der Waals surface area contributed by atoms with Gasteiger partial charge in [-0.25, -0.2) is 23.3 Å². The van der Waals surface area contributed by atoms with Crippen LogP contribution in [0.3, 0.4) is 0 Å². The molecule has 124 valence electrons. The average molecular weight is 506 g/mol. The monoisotopic (exact) mass is 506 g/mol. The first kappa shape index (κ1) is 27.1. The summed E-state index contributed by atoms with van der Waals surface area (Å²) in [6.45, 7) is 4.45. The molecule has 0 aromatic carbocycles. The van der Waals surface area contributed by atoms with Crippen LogP contribution in [0.1, 0.15) is 65.2 Å². The summed E-state index contributed by atoms with van der Waals surface area (Å²) >= 11 is 1.06. The molecule has 22 heavy (non-hydrogen) atoms. The van der Waals surface area contributed by atoms with Gasteiger partial charge in [0.1, 0.15) is 0 Å². The zero-order valence-corrected chi connectivity index (χ0v) is 19.0. The van der Waals surface area contributed by atoms with E-state index in [-0.39, 0.29) is 24.8 Å². The van der Waals surface area contributed by atoms with Crippen molar-refractivity contribution in [2.24, 2.45) is 0 Å². The Morgan fingerprint density at radius 1 is 0.864 bits per heavy atom. The Morgan fingerprint density at radius 3 is 1.45 bits per heavy atom. The molecule has 0 N–H and O–H groups in total. The summed E-state index contributed by atoms with van der Waals surface area (Å²) in [5.41, 5.74) is 2.97. The standard InChI is InChI=1S/2C9H13.CH2.2ClH.Hf/c2*1-2-3-6-9-7-4-5-8-9;;;;/h2*7-8H,2-4,6H2,1H3;1H2;2*1H;/q2*-1;;;;+2/p-2. The number of unbranched alkanes of at least 4 members (excludes halogenated alkanes) is 2. The van der Waals surface area contributed by atoms with Crippen LogP contribution >= 0.6 is 0 Å². The van der Waals surface area contributed by atoms with E-state index in [9.17, 15) is 0 Å². The van der Waals surface area contributed by atoms with Gasteiger partial charge in [0.05, 0.1) is 0 Å². The summed E-state index contributed by atoms with van der Waals surface area (Å²) in [7, 11) is 0. The van der Waals surface area contributed by atoms with Gasteiger partial charge in [-0.15, -0.1) is 12.8 Å². The van der Waals surface area contributed by atoms with E-state index in [2.05, 4.69) is 54.6 Å². The van der Waals surface area contributed by atoms with E-state index in [1.165, 1.54) is 49.7 Å². The largest absolute Gasteiger partial charge is 1.00 e. The molecule has 0 unspecified atom stereocenters. The third-order valence-electron chi connectivity index (χ3n) is 3.18. The molecule has 2 aliphatic carbocycles. The van der Waals surface area contributed by atoms with Crippen LogP contribution in [-0.4, -0.2) is 4.26 Å². The summed E-state index contributed by atoms with van der Waals surface area (Å²) in [5.74, 6) is 0. The fraction of sp³-hybridized carbons (Fsp3) is 0.526. The second kappa shape index (κ2) is 21.3. The minimum absolute atomic E-state index is 0. The van der Waals surface area contributed by atoms with Crippen LogP contribution < -0.4 is 24.8 Å². The number of allylic oxidation sites excluding steroid dienone is 8. The fourth-order valence-corrected chi connectivity index (χ4v) is 1.99. The Hall–Kier alpha value is 0.280. The van der Waals surface area contributed by atoms with Gasteiger partial charge in [0, 0.05) is 0 Å². The van der Waals surface area contributed by atoms with Gasteiger partial charge in [-0.05, 0) is 0 Å². The molecule has 0 nitrogen and oxygen atoms in total. The number of halogens is 2. The zero-order chi connectivity index (χ0) is 15.1. The van der Waals surface area contributed by atoms with Crippen molar-refractivity contribution < 1.29 is 48.7 Å². The van der Waals surface area contributed by atoms with E-state index in [0.717, 1.165) is 36.7 Å². The van der Waals surface area contributed by atoms with Crippen LogP contribution in [0, 0.1) is 12.2 Å². The maximum absolute atomic E-state index is 3.39. The van der Waals surface area contributed by atoms with Crippen molar-refractivity contribution in [3.8, 4) is 0 Å². The molecule has 0 aromatic rings. The molecule has 0 aromatic heterocycles. The van der Waals surface area contributed by atoms with Crippen molar-refractivity contribution in [2.45, 2.75) is 65.2 Å². The number of rotatable bonds is 6. The van der Waals surface area contributed by atoms with Crippen LogP contribution in [0.5, 0.6) is 0 Å². The quantitative estimate of drug-likeness (QED) is 0.344. The van der Waals surface area contributed by atoms with Crippen molar-refractivity contribution in [3.05, 3.63) is 47.6 Å². The minimum Gasteiger partial charge on any atom is -1.00 e. The number of hydrogen-bond donors (Lipinski definition) is 0. The van der Waals surface area contributed by atoms with Crippen molar-refractivity contribution in [1.82, 2.24) is 0 Å². The zero-order valence-electron chi connectivity index (χ0n) is 13.9. The minimum atomic E-state index is 0. The van der Waals surface area contributed by atoms with Gasteiger partial charge < -0.3 is 24.8 Å². The first-order valence-electron chi connectivity index (χ1n) is 7.73. The SMILES string of the molecule is CCCCC1=CC[C-]=C1.CCCCC1=CC[C-]=C1.[CH2]=[Hf+2].[Cl-].[Cl-]. The van der Waals surface area contributed by atoms with Gasteiger partial charge in [-0.3, -0.25) is 12.2 Å². The van der Waals surface area contributed by atoms with E-state index < -0.39 is 0 Å². The van der Waals surface area contributed by atoms with E-state index >= 15 is 0 Å². The Labute approximate surface area is 165 Å². The molecule has 3 heteroatoms. The van der Waals surface area contributed by atoms with Crippen molar-refractivity contribution in [1.29, 1.82) is 0 Å². The fourth-order valence-electron chi connectivity index (χ4n) is 1.99.